The monoisotopic (exact) mass is 486 g/mol. The van der Waals surface area contributed by atoms with Gasteiger partial charge in [0.25, 0.3) is 0 Å². The van der Waals surface area contributed by atoms with Gasteiger partial charge in [-0.15, -0.1) is 0 Å². The molecule has 0 saturated carbocycles. The molecule has 1 unspecified atom stereocenters. The van der Waals surface area contributed by atoms with Crippen LogP contribution in [0.5, 0.6) is 0 Å². The Morgan fingerprint density at radius 2 is 1.37 bits per heavy atom. The lowest BCUT2D eigenvalue weighted by Gasteiger charge is -2.26. The minimum atomic E-state index is 0.0940. The van der Waals surface area contributed by atoms with Gasteiger partial charge in [-0.1, -0.05) is 72.8 Å². The molecule has 2 aliphatic rings. The molecule has 4 heterocycles. The fourth-order valence-electron chi connectivity index (χ4n) is 5.55. The number of nitrogens with one attached hydrogen (secondary N) is 1. The van der Waals surface area contributed by atoms with Crippen molar-refractivity contribution in [3.8, 4) is 22.5 Å². The van der Waals surface area contributed by atoms with Gasteiger partial charge in [0.2, 0.25) is 0 Å². The van der Waals surface area contributed by atoms with Gasteiger partial charge >= 0.3 is 0 Å². The van der Waals surface area contributed by atoms with Gasteiger partial charge in [0.15, 0.2) is 0 Å². The molecular formula is C34H22N4. The summed E-state index contributed by atoms with van der Waals surface area (Å²) in [7, 11) is 0. The summed E-state index contributed by atoms with van der Waals surface area (Å²) >= 11 is 0. The molecule has 178 valence electrons. The van der Waals surface area contributed by atoms with Crippen molar-refractivity contribution in [3.05, 3.63) is 132 Å². The number of aromatic nitrogens is 3. The minimum absolute atomic E-state index is 0.0940. The van der Waals surface area contributed by atoms with Crippen molar-refractivity contribution in [2.45, 2.75) is 6.04 Å². The molecule has 0 spiro atoms. The average Bonchev–Trinajstić information content (AvgIpc) is 3.00. The quantitative estimate of drug-likeness (QED) is 0.254. The van der Waals surface area contributed by atoms with Gasteiger partial charge in [-0.25, -0.2) is 9.97 Å². The Morgan fingerprint density at radius 1 is 0.632 bits per heavy atom. The highest BCUT2D eigenvalue weighted by Crippen LogP contribution is 2.35. The van der Waals surface area contributed by atoms with Crippen molar-refractivity contribution in [2.24, 2.45) is 0 Å². The Bertz CT molecular complexity index is 2020. The lowest BCUT2D eigenvalue weighted by Crippen LogP contribution is -2.23. The number of rotatable bonds is 2. The Labute approximate surface area is 219 Å². The van der Waals surface area contributed by atoms with Crippen LogP contribution in [-0.2, 0) is 0 Å². The van der Waals surface area contributed by atoms with E-state index in [-0.39, 0.29) is 6.04 Å². The number of dihydropyridines is 1. The van der Waals surface area contributed by atoms with E-state index in [1.54, 1.807) is 0 Å². The van der Waals surface area contributed by atoms with E-state index in [1.165, 1.54) is 11.0 Å². The van der Waals surface area contributed by atoms with E-state index >= 15 is 0 Å². The van der Waals surface area contributed by atoms with Crippen molar-refractivity contribution in [2.75, 3.05) is 0 Å². The zero-order valence-electron chi connectivity index (χ0n) is 20.5. The molecule has 0 fully saturated rings. The number of pyridine rings is 3. The van der Waals surface area contributed by atoms with E-state index in [9.17, 15) is 0 Å². The summed E-state index contributed by atoms with van der Waals surface area (Å²) in [6, 6.07) is 30.0. The predicted molar refractivity (Wildman–Crippen MR) is 155 cm³/mol. The van der Waals surface area contributed by atoms with Crippen LogP contribution in [0.3, 0.4) is 0 Å². The summed E-state index contributed by atoms with van der Waals surface area (Å²) in [5.74, 6) is 0. The van der Waals surface area contributed by atoms with Crippen LogP contribution < -0.4 is 5.32 Å². The van der Waals surface area contributed by atoms with Crippen LogP contribution in [0, 0.1) is 0 Å². The van der Waals surface area contributed by atoms with Gasteiger partial charge in [-0.3, -0.25) is 4.98 Å². The molecule has 3 aromatic carbocycles. The first-order valence-corrected chi connectivity index (χ1v) is 12.8. The summed E-state index contributed by atoms with van der Waals surface area (Å²) < 4.78 is 0. The Balaban J connectivity index is 1.22. The molecule has 1 aliphatic heterocycles. The molecule has 1 atom stereocenters. The smallest absolute Gasteiger partial charge is 0.0972 e. The maximum Gasteiger partial charge on any atom is 0.0972 e. The molecule has 8 rings (SSSR count). The lowest BCUT2D eigenvalue weighted by atomic mass is 9.91. The average molecular weight is 487 g/mol. The van der Waals surface area contributed by atoms with E-state index in [0.29, 0.717) is 0 Å². The van der Waals surface area contributed by atoms with Crippen LogP contribution >= 0.6 is 0 Å². The highest BCUT2D eigenvalue weighted by Gasteiger charge is 2.23. The topological polar surface area (TPSA) is 50.7 Å². The first-order valence-electron chi connectivity index (χ1n) is 12.8. The molecule has 1 aliphatic carbocycles. The van der Waals surface area contributed by atoms with Gasteiger partial charge in [-0.2, -0.15) is 0 Å². The van der Waals surface area contributed by atoms with E-state index < -0.39 is 0 Å². The maximum absolute atomic E-state index is 5.11. The van der Waals surface area contributed by atoms with Crippen LogP contribution in [0.1, 0.15) is 17.3 Å². The number of fused-ring (bicyclic) bond motifs is 7. The van der Waals surface area contributed by atoms with Crippen LogP contribution in [0.4, 0.5) is 0 Å². The molecule has 1 N–H and O–H groups in total. The largest absolute Gasteiger partial charge is 0.379 e. The Hall–Kier alpha value is -5.09. The first kappa shape index (κ1) is 21.0. The maximum atomic E-state index is 5.11. The molecule has 0 amide bonds. The Kier molecular flexibility index (Phi) is 4.55. The second-order valence-corrected chi connectivity index (χ2v) is 9.82. The van der Waals surface area contributed by atoms with Crippen molar-refractivity contribution in [1.82, 2.24) is 20.3 Å². The summed E-state index contributed by atoms with van der Waals surface area (Å²) in [5.41, 5.74) is 9.43. The predicted octanol–water partition coefficient (Wildman–Crippen LogP) is 7.78. The molecule has 6 aromatic rings. The second kappa shape index (κ2) is 8.22. The molecular weight excluding hydrogens is 464 g/mol. The summed E-state index contributed by atoms with van der Waals surface area (Å²) in [4.78, 5) is 14.8. The molecule has 0 radical (unpaired) electrons. The van der Waals surface area contributed by atoms with Gasteiger partial charge in [-0.05, 0) is 64.5 Å². The standard InChI is InChI=1S/C34H22N4/c1-3-22-7-9-24-13-15-29(37-33(24)31(22)35-17-1)26-11-5-21-6-12-27(20-28(21)19-26)30-16-14-25-10-8-23-4-2-18-36-32(23)34(25)38-30/h1-20,31,35H. The molecule has 38 heavy (non-hydrogen) atoms. The fourth-order valence-corrected chi connectivity index (χ4v) is 5.55. The molecule has 3 aromatic heterocycles. The minimum Gasteiger partial charge on any atom is -0.379 e. The number of benzene rings is 3. The van der Waals surface area contributed by atoms with Crippen LogP contribution in [-0.4, -0.2) is 15.0 Å². The van der Waals surface area contributed by atoms with E-state index in [0.717, 1.165) is 61.0 Å². The zero-order chi connectivity index (χ0) is 25.1. The summed E-state index contributed by atoms with van der Waals surface area (Å²) in [6.07, 6.45) is 12.3. The molecule has 0 bridgehead atoms. The zero-order valence-corrected chi connectivity index (χ0v) is 20.5. The number of hydrogen-bond acceptors (Lipinski definition) is 4. The van der Waals surface area contributed by atoms with Crippen molar-refractivity contribution < 1.29 is 0 Å². The fraction of sp³-hybridized carbons (Fsp3) is 0.0294. The molecule has 4 heteroatoms. The van der Waals surface area contributed by atoms with Gasteiger partial charge in [0, 0.05) is 28.1 Å². The third-order valence-electron chi connectivity index (χ3n) is 7.53. The number of allylic oxidation sites excluding steroid dienone is 2. The number of nitrogens with zero attached hydrogens (tertiary/aromatic N) is 3. The van der Waals surface area contributed by atoms with Crippen LogP contribution in [0.25, 0.3) is 61.2 Å². The van der Waals surface area contributed by atoms with E-state index in [1.807, 2.05) is 24.5 Å². The third kappa shape index (κ3) is 3.35. The first-order chi connectivity index (χ1) is 18.8. The highest BCUT2D eigenvalue weighted by molar-refractivity contribution is 6.03. The molecule has 4 nitrogen and oxygen atoms in total. The second-order valence-electron chi connectivity index (χ2n) is 9.82. The van der Waals surface area contributed by atoms with Gasteiger partial charge in [0.05, 0.1) is 34.2 Å². The summed E-state index contributed by atoms with van der Waals surface area (Å²) in [6.45, 7) is 0. The third-order valence-corrected chi connectivity index (χ3v) is 7.53. The SMILES string of the molecule is C1=CNC2C(=C1)C=Cc1ccc(-c3ccc4ccc(-c5ccc6ccc7cccnc7c6n5)cc4c3)nc12. The Morgan fingerprint density at radius 3 is 2.24 bits per heavy atom. The lowest BCUT2D eigenvalue weighted by molar-refractivity contribution is 0.690. The van der Waals surface area contributed by atoms with Crippen LogP contribution in [0.15, 0.2) is 121 Å². The highest BCUT2D eigenvalue weighted by atomic mass is 14.9. The molecule has 0 saturated heterocycles. The van der Waals surface area contributed by atoms with Gasteiger partial charge < -0.3 is 5.32 Å². The van der Waals surface area contributed by atoms with Crippen molar-refractivity contribution in [3.63, 3.8) is 0 Å². The van der Waals surface area contributed by atoms with Crippen molar-refractivity contribution >= 4 is 38.7 Å². The normalized spacial score (nSPS) is 15.8. The van der Waals surface area contributed by atoms with E-state index in [4.69, 9.17) is 9.97 Å². The van der Waals surface area contributed by atoms with Crippen molar-refractivity contribution in [1.29, 1.82) is 0 Å². The number of hydrogen-bond donors (Lipinski definition) is 1. The van der Waals surface area contributed by atoms with Gasteiger partial charge in [0.1, 0.15) is 0 Å². The summed E-state index contributed by atoms with van der Waals surface area (Å²) in [5, 5.41) is 8.01. The van der Waals surface area contributed by atoms with Crippen LogP contribution in [0.2, 0.25) is 0 Å². The van der Waals surface area contributed by atoms with E-state index in [2.05, 4.69) is 107 Å².